The van der Waals surface area contributed by atoms with Gasteiger partial charge in [0.1, 0.15) is 5.75 Å². The van der Waals surface area contributed by atoms with E-state index in [2.05, 4.69) is 10.2 Å². The maximum atomic E-state index is 12.8. The number of hydrogen-bond acceptors (Lipinski definition) is 4. The lowest BCUT2D eigenvalue weighted by atomic mass is 10.0. The van der Waals surface area contributed by atoms with Gasteiger partial charge in [-0.2, -0.15) is 5.10 Å². The molecule has 2 aromatic heterocycles. The smallest absolute Gasteiger partial charge is 0.255 e. The van der Waals surface area contributed by atoms with Crippen molar-refractivity contribution in [1.29, 1.82) is 0 Å². The van der Waals surface area contributed by atoms with Gasteiger partial charge in [-0.25, -0.2) is 0 Å². The van der Waals surface area contributed by atoms with Crippen LogP contribution in [-0.2, 0) is 13.5 Å². The van der Waals surface area contributed by atoms with Crippen LogP contribution in [0.3, 0.4) is 0 Å². The van der Waals surface area contributed by atoms with Gasteiger partial charge >= 0.3 is 0 Å². The van der Waals surface area contributed by atoms with Crippen LogP contribution in [0.15, 0.2) is 53.5 Å². The van der Waals surface area contributed by atoms with E-state index in [0.717, 1.165) is 17.8 Å². The molecule has 156 valence electrons. The number of ether oxygens (including phenoxy) is 1. The maximum absolute atomic E-state index is 12.8. The Hall–Kier alpha value is -3.06. The molecular formula is C22H23ClN4O3. The first-order chi connectivity index (χ1) is 14.5. The molecule has 8 heteroatoms. The van der Waals surface area contributed by atoms with Crippen LogP contribution in [0.2, 0.25) is 5.02 Å². The molecule has 3 heterocycles. The minimum atomic E-state index is -0.131. The summed E-state index contributed by atoms with van der Waals surface area (Å²) in [6.07, 6.45) is 3.13. The molecule has 1 aliphatic rings. The number of pyridine rings is 1. The molecule has 0 saturated carbocycles. The molecule has 0 aliphatic carbocycles. The highest BCUT2D eigenvalue weighted by atomic mass is 35.5. The fourth-order valence-electron chi connectivity index (χ4n) is 3.64. The first-order valence-corrected chi connectivity index (χ1v) is 10.3. The number of carbonyl (C=O) groups is 1. The lowest BCUT2D eigenvalue weighted by Gasteiger charge is -2.16. The summed E-state index contributed by atoms with van der Waals surface area (Å²) in [4.78, 5) is 26.1. The summed E-state index contributed by atoms with van der Waals surface area (Å²) in [6.45, 7) is 1.78. The fourth-order valence-corrected chi connectivity index (χ4v) is 3.83. The number of benzene rings is 1. The number of carbonyl (C=O) groups excluding carboxylic acids is 1. The molecule has 3 aromatic rings. The Kier molecular flexibility index (Phi) is 5.90. The van der Waals surface area contributed by atoms with Crippen molar-refractivity contribution in [2.45, 2.75) is 18.8 Å². The number of halogens is 1. The van der Waals surface area contributed by atoms with Crippen LogP contribution in [0.1, 0.15) is 34.1 Å². The van der Waals surface area contributed by atoms with Gasteiger partial charge in [0.25, 0.3) is 5.91 Å². The third kappa shape index (κ3) is 4.41. The van der Waals surface area contributed by atoms with Crippen molar-refractivity contribution in [3.05, 3.63) is 81.0 Å². The van der Waals surface area contributed by atoms with E-state index < -0.39 is 0 Å². The number of para-hydroxylation sites is 1. The Balaban J connectivity index is 1.33. The number of aryl methyl sites for hydroxylation is 1. The summed E-state index contributed by atoms with van der Waals surface area (Å²) in [6, 6.07) is 12.4. The molecule has 0 spiro atoms. The average molecular weight is 427 g/mol. The highest BCUT2D eigenvalue weighted by molar-refractivity contribution is 6.32. The summed E-state index contributed by atoms with van der Waals surface area (Å²) in [5.74, 6) is 0.801. The van der Waals surface area contributed by atoms with E-state index in [1.54, 1.807) is 25.4 Å². The summed E-state index contributed by atoms with van der Waals surface area (Å²) in [5, 5.41) is 8.11. The highest BCUT2D eigenvalue weighted by Crippen LogP contribution is 2.27. The standard InChI is InChI=1S/C22H23ClN4O3/c1-26-13-16(6-7-21(26)28)22(29)27-10-8-15(14-27)19-12-17(24-25-19)9-11-30-20-5-3-2-4-18(20)23/h2-7,12-13,15H,8-11,14H2,1H3,(H,24,25)/t15-/m1/s1. The van der Waals surface area contributed by atoms with Gasteiger partial charge in [-0.05, 0) is 30.7 Å². The van der Waals surface area contributed by atoms with Gasteiger partial charge in [0, 0.05) is 50.4 Å². The van der Waals surface area contributed by atoms with Crippen molar-refractivity contribution in [3.63, 3.8) is 0 Å². The number of hydrogen-bond donors (Lipinski definition) is 1. The third-order valence-corrected chi connectivity index (χ3v) is 5.66. The summed E-state index contributed by atoms with van der Waals surface area (Å²) in [7, 11) is 1.65. The number of amides is 1. The second-order valence-electron chi connectivity index (χ2n) is 7.45. The zero-order valence-corrected chi connectivity index (χ0v) is 17.4. The minimum absolute atomic E-state index is 0.0583. The number of nitrogens with one attached hydrogen (secondary N) is 1. The van der Waals surface area contributed by atoms with Crippen LogP contribution in [0.4, 0.5) is 0 Å². The number of aromatic amines is 1. The third-order valence-electron chi connectivity index (χ3n) is 5.34. The first kappa shape index (κ1) is 20.2. The Morgan fingerprint density at radius 1 is 1.30 bits per heavy atom. The first-order valence-electron chi connectivity index (χ1n) is 9.89. The molecule has 1 aromatic carbocycles. The zero-order chi connectivity index (χ0) is 21.1. The summed E-state index contributed by atoms with van der Waals surface area (Å²) < 4.78 is 7.16. The minimum Gasteiger partial charge on any atom is -0.492 e. The number of nitrogens with zero attached hydrogens (tertiary/aromatic N) is 3. The van der Waals surface area contributed by atoms with Crippen LogP contribution >= 0.6 is 11.6 Å². The van der Waals surface area contributed by atoms with E-state index in [9.17, 15) is 9.59 Å². The topological polar surface area (TPSA) is 80.2 Å². The number of aromatic nitrogens is 3. The summed E-state index contributed by atoms with van der Waals surface area (Å²) in [5.41, 5.74) is 2.34. The number of likely N-dealkylation sites (tertiary alicyclic amines) is 1. The van der Waals surface area contributed by atoms with Crippen molar-refractivity contribution in [2.24, 2.45) is 7.05 Å². The van der Waals surface area contributed by atoms with Crippen molar-refractivity contribution < 1.29 is 9.53 Å². The van der Waals surface area contributed by atoms with Crippen molar-refractivity contribution in [1.82, 2.24) is 19.7 Å². The largest absolute Gasteiger partial charge is 0.492 e. The predicted molar refractivity (Wildman–Crippen MR) is 114 cm³/mol. The van der Waals surface area contributed by atoms with Gasteiger partial charge in [0.15, 0.2) is 0 Å². The van der Waals surface area contributed by atoms with Crippen molar-refractivity contribution >= 4 is 17.5 Å². The van der Waals surface area contributed by atoms with Crippen LogP contribution in [0, 0.1) is 0 Å². The molecule has 1 fully saturated rings. The maximum Gasteiger partial charge on any atom is 0.255 e. The molecule has 1 N–H and O–H groups in total. The normalized spacial score (nSPS) is 16.1. The van der Waals surface area contributed by atoms with Crippen LogP contribution in [0.25, 0.3) is 0 Å². The number of H-pyrrole nitrogens is 1. The van der Waals surface area contributed by atoms with Crippen LogP contribution in [0.5, 0.6) is 5.75 Å². The molecule has 0 radical (unpaired) electrons. The van der Waals surface area contributed by atoms with E-state index in [-0.39, 0.29) is 17.4 Å². The Bertz CT molecular complexity index is 1110. The molecule has 1 amide bonds. The number of rotatable bonds is 6. The van der Waals surface area contributed by atoms with Gasteiger partial charge in [0.05, 0.1) is 22.9 Å². The van der Waals surface area contributed by atoms with Gasteiger partial charge in [-0.15, -0.1) is 0 Å². The SMILES string of the molecule is Cn1cc(C(=O)N2CC[C@@H](c3cc(CCOc4ccccc4Cl)[nH]n3)C2)ccc1=O. The summed E-state index contributed by atoms with van der Waals surface area (Å²) >= 11 is 6.10. The van der Waals surface area contributed by atoms with Crippen molar-refractivity contribution in [3.8, 4) is 5.75 Å². The van der Waals surface area contributed by atoms with Gasteiger partial charge in [-0.1, -0.05) is 23.7 Å². The molecule has 1 aliphatic heterocycles. The Labute approximate surface area is 179 Å². The van der Waals surface area contributed by atoms with E-state index >= 15 is 0 Å². The monoisotopic (exact) mass is 426 g/mol. The Morgan fingerprint density at radius 2 is 2.13 bits per heavy atom. The van der Waals surface area contributed by atoms with Crippen molar-refractivity contribution in [2.75, 3.05) is 19.7 Å². The molecule has 4 rings (SSSR count). The van der Waals surface area contributed by atoms with Gasteiger partial charge in [-0.3, -0.25) is 14.7 Å². The second kappa shape index (κ2) is 8.75. The van der Waals surface area contributed by atoms with E-state index in [4.69, 9.17) is 16.3 Å². The molecule has 7 nitrogen and oxygen atoms in total. The van der Waals surface area contributed by atoms with E-state index in [1.807, 2.05) is 29.2 Å². The predicted octanol–water partition coefficient (Wildman–Crippen LogP) is 3.01. The molecular weight excluding hydrogens is 404 g/mol. The van der Waals surface area contributed by atoms with Gasteiger partial charge in [0.2, 0.25) is 5.56 Å². The molecule has 0 bridgehead atoms. The zero-order valence-electron chi connectivity index (χ0n) is 16.7. The highest BCUT2D eigenvalue weighted by Gasteiger charge is 2.29. The molecule has 1 atom stereocenters. The average Bonchev–Trinajstić information content (AvgIpc) is 3.40. The lowest BCUT2D eigenvalue weighted by molar-refractivity contribution is 0.0789. The lowest BCUT2D eigenvalue weighted by Crippen LogP contribution is -2.29. The van der Waals surface area contributed by atoms with Crippen LogP contribution < -0.4 is 10.3 Å². The fraction of sp³-hybridized carbons (Fsp3) is 0.318. The van der Waals surface area contributed by atoms with E-state index in [0.29, 0.717) is 42.5 Å². The van der Waals surface area contributed by atoms with Crippen LogP contribution in [-0.4, -0.2) is 45.3 Å². The van der Waals surface area contributed by atoms with E-state index in [1.165, 1.54) is 10.6 Å². The molecule has 1 saturated heterocycles. The molecule has 0 unspecified atom stereocenters. The van der Waals surface area contributed by atoms with Gasteiger partial charge < -0.3 is 14.2 Å². The molecule has 30 heavy (non-hydrogen) atoms. The quantitative estimate of drug-likeness (QED) is 0.657. The second-order valence-corrected chi connectivity index (χ2v) is 7.86. The Morgan fingerprint density at radius 3 is 2.93 bits per heavy atom.